The van der Waals surface area contributed by atoms with Crippen LogP contribution >= 0.6 is 0 Å². The Morgan fingerprint density at radius 2 is 2.11 bits per heavy atom. The van der Waals surface area contributed by atoms with Crippen LogP contribution in [0.15, 0.2) is 24.3 Å². The predicted molar refractivity (Wildman–Crippen MR) is 78.5 cm³/mol. The second-order valence-corrected chi connectivity index (χ2v) is 5.22. The Morgan fingerprint density at radius 3 is 2.84 bits per heavy atom. The normalized spacial score (nSPS) is 19.9. The minimum atomic E-state index is 0.293. The van der Waals surface area contributed by atoms with Crippen molar-refractivity contribution in [3.8, 4) is 5.75 Å². The van der Waals surface area contributed by atoms with Gasteiger partial charge in [-0.15, -0.1) is 0 Å². The number of ether oxygens (including phenoxy) is 1. The van der Waals surface area contributed by atoms with Crippen LogP contribution in [-0.2, 0) is 0 Å². The van der Waals surface area contributed by atoms with Crippen molar-refractivity contribution in [3.63, 3.8) is 0 Å². The lowest BCUT2D eigenvalue weighted by atomic mass is 10.0. The molecule has 0 amide bonds. The predicted octanol–water partition coefficient (Wildman–Crippen LogP) is 1.33. The zero-order valence-electron chi connectivity index (χ0n) is 12.0. The van der Waals surface area contributed by atoms with Gasteiger partial charge < -0.3 is 15.4 Å². The molecule has 1 fully saturated rings. The lowest BCUT2D eigenvalue weighted by molar-refractivity contribution is 0.207. The summed E-state index contributed by atoms with van der Waals surface area (Å²) in [6, 6.07) is 8.57. The third-order valence-corrected chi connectivity index (χ3v) is 3.90. The summed E-state index contributed by atoms with van der Waals surface area (Å²) < 4.78 is 5.31. The van der Waals surface area contributed by atoms with Gasteiger partial charge in [-0.2, -0.15) is 0 Å². The van der Waals surface area contributed by atoms with E-state index in [2.05, 4.69) is 29.0 Å². The maximum Gasteiger partial charge on any atom is 0.119 e. The molecule has 1 aliphatic rings. The molecule has 0 aliphatic carbocycles. The number of likely N-dealkylation sites (N-methyl/N-ethyl adjacent to an activating group) is 1. The van der Waals surface area contributed by atoms with Crippen LogP contribution in [0.4, 0.5) is 0 Å². The summed E-state index contributed by atoms with van der Waals surface area (Å²) in [6.07, 6.45) is 1.21. The van der Waals surface area contributed by atoms with Crippen molar-refractivity contribution in [1.82, 2.24) is 9.80 Å². The summed E-state index contributed by atoms with van der Waals surface area (Å²) >= 11 is 0. The summed E-state index contributed by atoms with van der Waals surface area (Å²) in [7, 11) is 3.89. The number of nitrogens with two attached hydrogens (primary N) is 1. The molecule has 2 N–H and O–H groups in total. The van der Waals surface area contributed by atoms with Crippen LogP contribution < -0.4 is 10.5 Å². The van der Waals surface area contributed by atoms with E-state index < -0.39 is 0 Å². The Bertz CT molecular complexity index is 397. The van der Waals surface area contributed by atoms with Crippen LogP contribution in [0.1, 0.15) is 18.0 Å². The monoisotopic (exact) mass is 263 g/mol. The first-order valence-electron chi connectivity index (χ1n) is 7.01. The molecule has 1 aliphatic heterocycles. The molecule has 2 rings (SSSR count). The lowest BCUT2D eigenvalue weighted by Gasteiger charge is -2.30. The lowest BCUT2D eigenvalue weighted by Crippen LogP contribution is -2.36. The number of hydrogen-bond acceptors (Lipinski definition) is 4. The summed E-state index contributed by atoms with van der Waals surface area (Å²) in [5.74, 6) is 0.905. The fourth-order valence-corrected chi connectivity index (χ4v) is 2.72. The Kier molecular flexibility index (Phi) is 5.19. The first-order chi connectivity index (χ1) is 9.24. The van der Waals surface area contributed by atoms with Crippen LogP contribution in [0.3, 0.4) is 0 Å². The summed E-state index contributed by atoms with van der Waals surface area (Å²) in [4.78, 5) is 4.89. The first kappa shape index (κ1) is 14.3. The molecule has 1 atom stereocenters. The van der Waals surface area contributed by atoms with Gasteiger partial charge in [0.15, 0.2) is 0 Å². The van der Waals surface area contributed by atoms with Gasteiger partial charge in [0.05, 0.1) is 7.11 Å². The summed E-state index contributed by atoms with van der Waals surface area (Å²) in [5, 5.41) is 0. The van der Waals surface area contributed by atoms with Gasteiger partial charge in [-0.3, -0.25) is 4.90 Å². The SMILES string of the molecule is COc1cccc(C(CN)N2CCCN(C)CC2)c1. The molecule has 0 saturated carbocycles. The van der Waals surface area contributed by atoms with Gasteiger partial charge in [0.25, 0.3) is 0 Å². The molecule has 4 heteroatoms. The smallest absolute Gasteiger partial charge is 0.119 e. The second kappa shape index (κ2) is 6.89. The minimum absolute atomic E-state index is 0.293. The average Bonchev–Trinajstić information content (AvgIpc) is 2.65. The largest absolute Gasteiger partial charge is 0.497 e. The molecule has 106 valence electrons. The highest BCUT2D eigenvalue weighted by atomic mass is 16.5. The maximum atomic E-state index is 6.02. The van der Waals surface area contributed by atoms with E-state index >= 15 is 0 Å². The maximum absolute atomic E-state index is 6.02. The number of nitrogens with zero attached hydrogens (tertiary/aromatic N) is 2. The van der Waals surface area contributed by atoms with E-state index in [0.29, 0.717) is 12.6 Å². The second-order valence-electron chi connectivity index (χ2n) is 5.22. The van der Waals surface area contributed by atoms with E-state index in [1.807, 2.05) is 12.1 Å². The van der Waals surface area contributed by atoms with E-state index in [-0.39, 0.29) is 0 Å². The number of rotatable bonds is 4. The van der Waals surface area contributed by atoms with Gasteiger partial charge in [0, 0.05) is 32.2 Å². The molecule has 4 nitrogen and oxygen atoms in total. The minimum Gasteiger partial charge on any atom is -0.497 e. The zero-order valence-corrected chi connectivity index (χ0v) is 12.0. The number of methoxy groups -OCH3 is 1. The van der Waals surface area contributed by atoms with Crippen molar-refractivity contribution in [1.29, 1.82) is 0 Å². The molecular weight excluding hydrogens is 238 g/mol. The van der Waals surface area contributed by atoms with Crippen molar-refractivity contribution < 1.29 is 4.74 Å². The van der Waals surface area contributed by atoms with E-state index in [0.717, 1.165) is 25.4 Å². The molecule has 1 aromatic rings. The van der Waals surface area contributed by atoms with Crippen molar-refractivity contribution >= 4 is 0 Å². The number of benzene rings is 1. The average molecular weight is 263 g/mol. The molecule has 0 aromatic heterocycles. The fourth-order valence-electron chi connectivity index (χ4n) is 2.72. The van der Waals surface area contributed by atoms with Crippen LogP contribution in [0.2, 0.25) is 0 Å². The highest BCUT2D eigenvalue weighted by Gasteiger charge is 2.21. The van der Waals surface area contributed by atoms with E-state index in [1.54, 1.807) is 7.11 Å². The standard InChI is InChI=1S/C15H25N3O/c1-17-7-4-8-18(10-9-17)15(12-16)13-5-3-6-14(11-13)19-2/h3,5-6,11,15H,4,7-10,12,16H2,1-2H3. The molecule has 0 bridgehead atoms. The molecule has 19 heavy (non-hydrogen) atoms. The highest BCUT2D eigenvalue weighted by molar-refractivity contribution is 5.30. The highest BCUT2D eigenvalue weighted by Crippen LogP contribution is 2.24. The van der Waals surface area contributed by atoms with Gasteiger partial charge in [0.1, 0.15) is 5.75 Å². The molecule has 0 radical (unpaired) electrons. The van der Waals surface area contributed by atoms with Gasteiger partial charge in [-0.05, 0) is 37.7 Å². The van der Waals surface area contributed by atoms with Gasteiger partial charge in [0.2, 0.25) is 0 Å². The van der Waals surface area contributed by atoms with E-state index in [4.69, 9.17) is 10.5 Å². The summed E-state index contributed by atoms with van der Waals surface area (Å²) in [5.41, 5.74) is 7.27. The Balaban J connectivity index is 2.13. The van der Waals surface area contributed by atoms with Crippen LogP contribution in [0.5, 0.6) is 5.75 Å². The Hall–Kier alpha value is -1.10. The van der Waals surface area contributed by atoms with Crippen molar-refractivity contribution in [2.24, 2.45) is 5.73 Å². The quantitative estimate of drug-likeness (QED) is 0.890. The van der Waals surface area contributed by atoms with E-state index in [9.17, 15) is 0 Å². The van der Waals surface area contributed by atoms with Gasteiger partial charge in [-0.1, -0.05) is 12.1 Å². The van der Waals surface area contributed by atoms with Crippen LogP contribution in [0, 0.1) is 0 Å². The van der Waals surface area contributed by atoms with Crippen LogP contribution in [0.25, 0.3) is 0 Å². The fraction of sp³-hybridized carbons (Fsp3) is 0.600. The molecule has 1 aromatic carbocycles. The molecular formula is C15H25N3O. The van der Waals surface area contributed by atoms with Crippen LogP contribution in [-0.4, -0.2) is 56.7 Å². The Labute approximate surface area is 116 Å². The summed E-state index contributed by atoms with van der Waals surface area (Å²) in [6.45, 7) is 5.13. The molecule has 1 unspecified atom stereocenters. The Morgan fingerprint density at radius 1 is 1.26 bits per heavy atom. The van der Waals surface area contributed by atoms with Crippen molar-refractivity contribution in [2.45, 2.75) is 12.5 Å². The first-order valence-corrected chi connectivity index (χ1v) is 7.01. The van der Waals surface area contributed by atoms with Crippen molar-refractivity contribution in [2.75, 3.05) is 46.9 Å². The topological polar surface area (TPSA) is 41.7 Å². The van der Waals surface area contributed by atoms with Gasteiger partial charge >= 0.3 is 0 Å². The molecule has 0 spiro atoms. The van der Waals surface area contributed by atoms with Gasteiger partial charge in [-0.25, -0.2) is 0 Å². The molecule has 1 saturated heterocycles. The third-order valence-electron chi connectivity index (χ3n) is 3.90. The molecule has 1 heterocycles. The van der Waals surface area contributed by atoms with E-state index in [1.165, 1.54) is 18.5 Å². The number of hydrogen-bond donors (Lipinski definition) is 1. The third kappa shape index (κ3) is 3.69. The zero-order chi connectivity index (χ0) is 13.7. The van der Waals surface area contributed by atoms with Crippen molar-refractivity contribution in [3.05, 3.63) is 29.8 Å².